The van der Waals surface area contributed by atoms with Crippen LogP contribution in [0.25, 0.3) is 0 Å². The summed E-state index contributed by atoms with van der Waals surface area (Å²) in [7, 11) is 2.01. The summed E-state index contributed by atoms with van der Waals surface area (Å²) in [6, 6.07) is 16.3. The van der Waals surface area contributed by atoms with E-state index in [1.54, 1.807) is 29.2 Å². The van der Waals surface area contributed by atoms with Crippen molar-refractivity contribution >= 4 is 35.0 Å². The number of carbonyl (C=O) groups excluding carboxylic acids is 3. The molecule has 2 aromatic rings. The summed E-state index contributed by atoms with van der Waals surface area (Å²) in [6.07, 6.45) is 8.36. The number of carbonyl (C=O) groups is 3. The number of anilines is 1. The number of likely N-dealkylation sites (N-methyl/N-ethyl adjacent to an activating group) is 1. The molecule has 3 heterocycles. The average Bonchev–Trinajstić information content (AvgIpc) is 3.60. The van der Waals surface area contributed by atoms with Gasteiger partial charge in [0, 0.05) is 36.4 Å². The van der Waals surface area contributed by atoms with Crippen LogP contribution in [0.3, 0.4) is 0 Å². The molecule has 5 atom stereocenters. The van der Waals surface area contributed by atoms with Crippen molar-refractivity contribution in [2.24, 2.45) is 11.8 Å². The highest BCUT2D eigenvalue weighted by molar-refractivity contribution is 6.30. The quantitative estimate of drug-likeness (QED) is 0.440. The molecule has 3 fully saturated rings. The Kier molecular flexibility index (Phi) is 7.90. The van der Waals surface area contributed by atoms with Crippen LogP contribution in [0.2, 0.25) is 5.02 Å². The molecule has 216 valence electrons. The van der Waals surface area contributed by atoms with Crippen molar-refractivity contribution in [3.8, 4) is 0 Å². The Hall–Kier alpha value is -3.20. The molecule has 0 radical (unpaired) electrons. The van der Waals surface area contributed by atoms with E-state index < -0.39 is 29.6 Å². The van der Waals surface area contributed by atoms with Gasteiger partial charge in [0.2, 0.25) is 17.7 Å². The predicted octanol–water partition coefficient (Wildman–Crippen LogP) is 4.01. The molecule has 3 aliphatic heterocycles. The Labute approximate surface area is 246 Å². The maximum absolute atomic E-state index is 14.2. The third kappa shape index (κ3) is 5.41. The first-order valence-corrected chi connectivity index (χ1v) is 15.0. The molecular weight excluding hydrogens is 540 g/mol. The first kappa shape index (κ1) is 27.9. The Balaban J connectivity index is 1.25. The molecule has 6 rings (SSSR count). The zero-order chi connectivity index (χ0) is 28.6. The van der Waals surface area contributed by atoms with Gasteiger partial charge in [-0.2, -0.15) is 0 Å². The largest absolute Gasteiger partial charge is 0.359 e. The van der Waals surface area contributed by atoms with Gasteiger partial charge in [0.1, 0.15) is 11.6 Å². The predicted molar refractivity (Wildman–Crippen MR) is 157 cm³/mol. The number of benzene rings is 2. The van der Waals surface area contributed by atoms with Crippen molar-refractivity contribution in [3.05, 3.63) is 77.3 Å². The number of rotatable bonds is 9. The van der Waals surface area contributed by atoms with E-state index in [-0.39, 0.29) is 23.8 Å². The smallest absolute Gasteiger partial charge is 0.246 e. The maximum Gasteiger partial charge on any atom is 0.246 e. The number of ether oxygens (including phenoxy) is 1. The van der Waals surface area contributed by atoms with Crippen molar-refractivity contribution in [2.45, 2.75) is 62.4 Å². The van der Waals surface area contributed by atoms with Crippen molar-refractivity contribution in [2.75, 3.05) is 25.5 Å². The fraction of sp³-hybridized carbons (Fsp3) is 0.469. The number of amides is 3. The van der Waals surface area contributed by atoms with Gasteiger partial charge >= 0.3 is 0 Å². The number of hydrogen-bond donors (Lipinski definition) is 2. The van der Waals surface area contributed by atoms with E-state index in [1.807, 2.05) is 37.4 Å². The van der Waals surface area contributed by atoms with E-state index in [0.717, 1.165) is 32.2 Å². The number of fused-ring (bicyclic) bond motifs is 1. The van der Waals surface area contributed by atoms with Crippen LogP contribution in [-0.4, -0.2) is 71.4 Å². The molecule has 2 aromatic carbocycles. The van der Waals surface area contributed by atoms with Crippen LogP contribution in [0.1, 0.15) is 37.7 Å². The lowest BCUT2D eigenvalue weighted by Crippen LogP contribution is -2.57. The molecule has 41 heavy (non-hydrogen) atoms. The first-order chi connectivity index (χ1) is 19.9. The van der Waals surface area contributed by atoms with E-state index in [0.29, 0.717) is 23.8 Å². The lowest BCUT2D eigenvalue weighted by Gasteiger charge is -2.34. The van der Waals surface area contributed by atoms with E-state index in [9.17, 15) is 14.4 Å². The summed E-state index contributed by atoms with van der Waals surface area (Å²) in [6.45, 7) is 1.65. The van der Waals surface area contributed by atoms with Gasteiger partial charge in [0.25, 0.3) is 0 Å². The zero-order valence-electron chi connectivity index (χ0n) is 23.3. The molecule has 1 saturated carbocycles. The molecule has 0 aromatic heterocycles. The molecule has 8 nitrogen and oxygen atoms in total. The SMILES string of the molecule is CN(CCN1C(=O)[C@H]2[C@H](C(=O)Nc3cccc(Cl)c3)[C@H]3C=C[C@@]2(O3)[C@@H]1C(=O)NC1CCCCC1)Cc1ccccc1. The van der Waals surface area contributed by atoms with Gasteiger partial charge in [-0.15, -0.1) is 0 Å². The summed E-state index contributed by atoms with van der Waals surface area (Å²) in [5.74, 6) is -2.24. The second kappa shape index (κ2) is 11.6. The third-order valence-corrected chi connectivity index (χ3v) is 9.22. The minimum Gasteiger partial charge on any atom is -0.359 e. The molecule has 9 heteroatoms. The molecule has 1 spiro atoms. The van der Waals surface area contributed by atoms with Gasteiger partial charge in [0.05, 0.1) is 17.9 Å². The molecule has 2 N–H and O–H groups in total. The van der Waals surface area contributed by atoms with E-state index >= 15 is 0 Å². The van der Waals surface area contributed by atoms with Gasteiger partial charge in [-0.25, -0.2) is 0 Å². The van der Waals surface area contributed by atoms with E-state index in [2.05, 4.69) is 27.7 Å². The lowest BCUT2D eigenvalue weighted by molar-refractivity contribution is -0.141. The Bertz CT molecular complexity index is 1330. The second-order valence-electron chi connectivity index (χ2n) is 11.8. The van der Waals surface area contributed by atoms with Crippen molar-refractivity contribution in [3.63, 3.8) is 0 Å². The van der Waals surface area contributed by atoms with Crippen LogP contribution in [0, 0.1) is 11.8 Å². The summed E-state index contributed by atoms with van der Waals surface area (Å²) in [5.41, 5.74) is 0.557. The van der Waals surface area contributed by atoms with E-state index in [1.165, 1.54) is 12.0 Å². The fourth-order valence-corrected chi connectivity index (χ4v) is 7.27. The van der Waals surface area contributed by atoms with Gasteiger partial charge in [0.15, 0.2) is 0 Å². The lowest BCUT2D eigenvalue weighted by atomic mass is 9.74. The van der Waals surface area contributed by atoms with E-state index in [4.69, 9.17) is 16.3 Å². The zero-order valence-corrected chi connectivity index (χ0v) is 24.1. The van der Waals surface area contributed by atoms with Crippen molar-refractivity contribution < 1.29 is 19.1 Å². The second-order valence-corrected chi connectivity index (χ2v) is 12.2. The van der Waals surface area contributed by atoms with Crippen LogP contribution < -0.4 is 10.6 Å². The van der Waals surface area contributed by atoms with Crippen molar-refractivity contribution in [1.29, 1.82) is 0 Å². The molecule has 0 unspecified atom stereocenters. The summed E-state index contributed by atoms with van der Waals surface area (Å²) in [4.78, 5) is 45.6. The molecule has 2 bridgehead atoms. The molecule has 4 aliphatic rings. The van der Waals surface area contributed by atoms with Crippen LogP contribution in [0.4, 0.5) is 5.69 Å². The number of halogens is 1. The van der Waals surface area contributed by atoms with Gasteiger partial charge < -0.3 is 25.2 Å². The monoisotopic (exact) mass is 576 g/mol. The van der Waals surface area contributed by atoms with Crippen molar-refractivity contribution in [1.82, 2.24) is 15.1 Å². The van der Waals surface area contributed by atoms with Crippen LogP contribution in [0.5, 0.6) is 0 Å². The fourth-order valence-electron chi connectivity index (χ4n) is 7.08. The highest BCUT2D eigenvalue weighted by Gasteiger charge is 2.72. The Morgan fingerprint density at radius 2 is 1.85 bits per heavy atom. The topological polar surface area (TPSA) is 91.0 Å². The van der Waals surface area contributed by atoms with Crippen LogP contribution >= 0.6 is 11.6 Å². The molecule has 3 amide bonds. The molecular formula is C32H37ClN4O4. The summed E-state index contributed by atoms with van der Waals surface area (Å²) < 4.78 is 6.47. The number of hydrogen-bond acceptors (Lipinski definition) is 5. The normalized spacial score (nSPS) is 28.8. The standard InChI is InChI=1S/C32H37ClN4O4/c1-36(20-21-9-4-2-5-10-21)17-18-37-28(30(39)34-23-12-6-3-7-13-23)32-16-15-25(41-32)26(27(32)31(37)40)29(38)35-24-14-8-11-22(33)19-24/h2,4-5,8-11,14-16,19,23,25-28H,3,6-7,12-13,17-18,20H2,1H3,(H,34,39)(H,35,38)/t25-,26-,27-,28+,32+/m1/s1. The third-order valence-electron chi connectivity index (χ3n) is 8.99. The van der Waals surface area contributed by atoms with Gasteiger partial charge in [-0.1, -0.05) is 79.4 Å². The maximum atomic E-state index is 14.2. The highest BCUT2D eigenvalue weighted by Crippen LogP contribution is 2.55. The minimum atomic E-state index is -1.17. The molecule has 1 aliphatic carbocycles. The number of nitrogens with zero attached hydrogens (tertiary/aromatic N) is 2. The minimum absolute atomic E-state index is 0.0916. The summed E-state index contributed by atoms with van der Waals surface area (Å²) in [5, 5.41) is 6.67. The summed E-state index contributed by atoms with van der Waals surface area (Å²) >= 11 is 6.13. The van der Waals surface area contributed by atoms with Gasteiger partial charge in [-0.05, 0) is 43.7 Å². The van der Waals surface area contributed by atoms with Gasteiger partial charge in [-0.3, -0.25) is 14.4 Å². The average molecular weight is 577 g/mol. The van der Waals surface area contributed by atoms with Crippen LogP contribution in [0.15, 0.2) is 66.7 Å². The number of likely N-dealkylation sites (tertiary alicyclic amines) is 1. The molecule has 2 saturated heterocycles. The first-order valence-electron chi connectivity index (χ1n) is 14.6. The highest BCUT2D eigenvalue weighted by atomic mass is 35.5. The Morgan fingerprint density at radius 1 is 1.07 bits per heavy atom. The van der Waals surface area contributed by atoms with Crippen LogP contribution in [-0.2, 0) is 25.7 Å². The number of nitrogens with one attached hydrogen (secondary N) is 2. The Morgan fingerprint density at radius 3 is 2.61 bits per heavy atom.